The Balaban J connectivity index is 0.00000136. The van der Waals surface area contributed by atoms with Crippen LogP contribution in [0.1, 0.15) is 54.4 Å². The Labute approximate surface area is 171 Å². The normalized spacial score (nSPS) is 21.6. The van der Waals surface area contributed by atoms with E-state index in [1.165, 1.54) is 5.69 Å². The fraction of sp³-hybridized carbons (Fsp3) is 0.727. The van der Waals surface area contributed by atoms with Crippen molar-refractivity contribution in [1.82, 2.24) is 0 Å². The summed E-state index contributed by atoms with van der Waals surface area (Å²) in [6.45, 7) is 14.4. The van der Waals surface area contributed by atoms with Crippen LogP contribution < -0.4 is 10.4 Å². The topological polar surface area (TPSA) is 40.2 Å². The van der Waals surface area contributed by atoms with Crippen molar-refractivity contribution in [2.45, 2.75) is 71.9 Å². The van der Waals surface area contributed by atoms with Gasteiger partial charge in [-0.05, 0) is 58.1 Å². The second kappa shape index (κ2) is 9.62. The fourth-order valence-corrected chi connectivity index (χ4v) is 3.73. The molecule has 2 aliphatic heterocycles. The Morgan fingerprint density at radius 3 is 1.82 bits per heavy atom. The van der Waals surface area contributed by atoms with Gasteiger partial charge >= 0.3 is 7.12 Å². The van der Waals surface area contributed by atoms with Gasteiger partial charge in [-0.2, -0.15) is 0 Å². The lowest BCUT2D eigenvalue weighted by Crippen LogP contribution is -2.41. The highest BCUT2D eigenvalue weighted by molar-refractivity contribution is 6.62. The Morgan fingerprint density at radius 2 is 1.39 bits per heavy atom. The zero-order valence-electron chi connectivity index (χ0n) is 19.0. The van der Waals surface area contributed by atoms with Crippen LogP contribution in [0, 0.1) is 5.92 Å². The first-order valence-electron chi connectivity index (χ1n) is 10.5. The van der Waals surface area contributed by atoms with E-state index in [0.29, 0.717) is 5.92 Å². The molecule has 0 amide bonds. The molecule has 0 radical (unpaired) electrons. The van der Waals surface area contributed by atoms with E-state index in [9.17, 15) is 0 Å². The molecule has 0 unspecified atom stereocenters. The Kier molecular flexibility index (Phi) is 7.97. The average Bonchev–Trinajstić information content (AvgIpc) is 2.92. The van der Waals surface area contributed by atoms with Crippen molar-refractivity contribution < 1.29 is 18.8 Å². The van der Waals surface area contributed by atoms with E-state index < -0.39 is 0 Å². The molecule has 1 aromatic rings. The summed E-state index contributed by atoms with van der Waals surface area (Å²) in [5.41, 5.74) is 1.70. The van der Waals surface area contributed by atoms with E-state index in [2.05, 4.69) is 56.9 Å². The molecular weight excluding hydrogens is 353 g/mol. The van der Waals surface area contributed by atoms with E-state index >= 15 is 0 Å². The van der Waals surface area contributed by atoms with Gasteiger partial charge in [-0.15, -0.1) is 0 Å². The van der Waals surface area contributed by atoms with E-state index in [4.69, 9.17) is 18.8 Å². The van der Waals surface area contributed by atoms with E-state index in [1.807, 2.05) is 13.8 Å². The molecule has 1 aromatic carbocycles. The van der Waals surface area contributed by atoms with Crippen LogP contribution in [0.2, 0.25) is 0 Å². The monoisotopic (exact) mass is 391 g/mol. The quantitative estimate of drug-likeness (QED) is 0.563. The van der Waals surface area contributed by atoms with Gasteiger partial charge in [0.05, 0.1) is 11.2 Å². The zero-order chi connectivity index (χ0) is 20.9. The maximum Gasteiger partial charge on any atom is 0.494 e. The molecule has 0 atom stereocenters. The summed E-state index contributed by atoms with van der Waals surface area (Å²) in [7, 11) is 3.13. The van der Waals surface area contributed by atoms with Gasteiger partial charge in [-0.1, -0.05) is 26.0 Å². The fourth-order valence-electron chi connectivity index (χ4n) is 3.73. The number of piperidine rings is 1. The van der Waals surface area contributed by atoms with Crippen LogP contribution in [-0.4, -0.2) is 51.9 Å². The van der Waals surface area contributed by atoms with Crippen LogP contribution in [0.4, 0.5) is 5.69 Å². The minimum atomic E-state index is -0.308. The number of hydrogen-bond acceptors (Lipinski definition) is 5. The van der Waals surface area contributed by atoms with E-state index in [0.717, 1.165) is 31.4 Å². The average molecular weight is 391 g/mol. The highest BCUT2D eigenvalue weighted by Crippen LogP contribution is 2.36. The van der Waals surface area contributed by atoms with Crippen molar-refractivity contribution in [3.8, 4) is 0 Å². The summed E-state index contributed by atoms with van der Waals surface area (Å²) >= 11 is 0. The van der Waals surface area contributed by atoms with Crippen molar-refractivity contribution in [3.63, 3.8) is 0 Å². The number of benzene rings is 1. The molecule has 28 heavy (non-hydrogen) atoms. The number of methoxy groups -OCH3 is 2. The molecule has 2 aliphatic rings. The van der Waals surface area contributed by atoms with E-state index in [1.54, 1.807) is 14.2 Å². The molecule has 2 heterocycles. The first-order chi connectivity index (χ1) is 13.3. The molecule has 5 nitrogen and oxygen atoms in total. The summed E-state index contributed by atoms with van der Waals surface area (Å²) in [6, 6.07) is 8.59. The second-order valence-corrected chi connectivity index (χ2v) is 8.34. The maximum absolute atomic E-state index is 6.14. The minimum Gasteiger partial charge on any atom is -0.399 e. The summed E-state index contributed by atoms with van der Waals surface area (Å²) in [5, 5.41) is 0. The third-order valence-corrected chi connectivity index (χ3v) is 6.17. The van der Waals surface area contributed by atoms with Gasteiger partial charge in [0.1, 0.15) is 0 Å². The van der Waals surface area contributed by atoms with Crippen LogP contribution in [0.25, 0.3) is 0 Å². The molecule has 0 spiro atoms. The summed E-state index contributed by atoms with van der Waals surface area (Å²) < 4.78 is 23.1. The van der Waals surface area contributed by atoms with Crippen molar-refractivity contribution in [2.24, 2.45) is 5.92 Å². The molecule has 158 valence electrons. The molecule has 3 rings (SSSR count). The Hall–Kier alpha value is -1.08. The number of ether oxygens (including phenoxy) is 2. The third-order valence-electron chi connectivity index (χ3n) is 6.17. The van der Waals surface area contributed by atoms with Gasteiger partial charge in [-0.3, -0.25) is 0 Å². The van der Waals surface area contributed by atoms with Crippen molar-refractivity contribution in [1.29, 1.82) is 0 Å². The van der Waals surface area contributed by atoms with Gasteiger partial charge in [0, 0.05) is 38.9 Å². The van der Waals surface area contributed by atoms with Crippen LogP contribution in [0.3, 0.4) is 0 Å². The summed E-state index contributed by atoms with van der Waals surface area (Å²) in [5.74, 6) is 0.463. The Morgan fingerprint density at radius 1 is 0.929 bits per heavy atom. The first kappa shape index (κ1) is 23.2. The van der Waals surface area contributed by atoms with Crippen molar-refractivity contribution in [2.75, 3.05) is 32.2 Å². The highest BCUT2D eigenvalue weighted by Gasteiger charge is 2.51. The summed E-state index contributed by atoms with van der Waals surface area (Å²) in [4.78, 5) is 2.42. The molecule has 2 fully saturated rings. The summed E-state index contributed by atoms with van der Waals surface area (Å²) in [6.07, 6.45) is 2.05. The van der Waals surface area contributed by atoms with Gasteiger partial charge in [-0.25, -0.2) is 0 Å². The minimum absolute atomic E-state index is 0.0945. The largest absolute Gasteiger partial charge is 0.494 e. The van der Waals surface area contributed by atoms with Crippen LogP contribution in [0.5, 0.6) is 0 Å². The molecule has 0 bridgehead atoms. The first-order valence-corrected chi connectivity index (χ1v) is 10.5. The van der Waals surface area contributed by atoms with E-state index in [-0.39, 0.29) is 24.6 Å². The smallest absolute Gasteiger partial charge is 0.399 e. The number of rotatable bonds is 5. The number of anilines is 1. The lowest BCUT2D eigenvalue weighted by atomic mass is 9.79. The number of hydrogen-bond donors (Lipinski definition) is 0. The molecule has 2 saturated heterocycles. The molecule has 0 N–H and O–H groups in total. The maximum atomic E-state index is 6.14. The Bertz CT molecular complexity index is 577. The predicted molar refractivity (Wildman–Crippen MR) is 116 cm³/mol. The predicted octanol–water partition coefficient (Wildman–Crippen LogP) is 3.85. The zero-order valence-corrected chi connectivity index (χ0v) is 19.0. The molecular formula is C22H38BNO4. The molecule has 6 heteroatoms. The standard InChI is InChI=1S/C20H32BNO4.C2H6/c1-19(2)20(3,4)26-21(25-19)16-7-9-17(10-8-16)22-13-11-15(12-14-22)18(23-5)24-6;1-2/h7-10,15,18H,11-14H2,1-6H3;1-2H3. The van der Waals surface area contributed by atoms with Crippen molar-refractivity contribution >= 4 is 18.3 Å². The van der Waals surface area contributed by atoms with Crippen molar-refractivity contribution in [3.05, 3.63) is 24.3 Å². The number of nitrogens with zero attached hydrogens (tertiary/aromatic N) is 1. The van der Waals surface area contributed by atoms with Gasteiger partial charge in [0.25, 0.3) is 0 Å². The van der Waals surface area contributed by atoms with Gasteiger partial charge in [0.2, 0.25) is 0 Å². The molecule has 0 aliphatic carbocycles. The lowest BCUT2D eigenvalue weighted by molar-refractivity contribution is -0.141. The highest BCUT2D eigenvalue weighted by atomic mass is 16.7. The van der Waals surface area contributed by atoms with Crippen LogP contribution >= 0.6 is 0 Å². The van der Waals surface area contributed by atoms with Crippen LogP contribution in [-0.2, 0) is 18.8 Å². The second-order valence-electron chi connectivity index (χ2n) is 8.34. The van der Waals surface area contributed by atoms with Crippen LogP contribution in [0.15, 0.2) is 24.3 Å². The van der Waals surface area contributed by atoms with Gasteiger partial charge < -0.3 is 23.7 Å². The lowest BCUT2D eigenvalue weighted by Gasteiger charge is -2.36. The third kappa shape index (κ3) is 4.91. The molecule has 0 saturated carbocycles. The SMILES string of the molecule is CC.COC(OC)C1CCN(c2ccc(B3OC(C)(C)C(C)(C)O3)cc2)CC1. The molecule has 0 aromatic heterocycles. The van der Waals surface area contributed by atoms with Gasteiger partial charge in [0.15, 0.2) is 6.29 Å².